The molecular formula is C28H25NO4. The zero-order valence-electron chi connectivity index (χ0n) is 18.7. The first-order chi connectivity index (χ1) is 16.1. The van der Waals surface area contributed by atoms with Gasteiger partial charge in [-0.25, -0.2) is 4.98 Å². The van der Waals surface area contributed by atoms with Crippen molar-refractivity contribution in [3.63, 3.8) is 0 Å². The highest BCUT2D eigenvalue weighted by molar-refractivity contribution is 5.88. The van der Waals surface area contributed by atoms with Gasteiger partial charge in [-0.1, -0.05) is 60.7 Å². The van der Waals surface area contributed by atoms with Gasteiger partial charge in [-0.3, -0.25) is 4.79 Å². The normalized spacial score (nSPS) is 11.0. The number of fused-ring (bicyclic) bond motifs is 1. The number of carbonyl (C=O) groups excluding carboxylic acids is 1. The van der Waals surface area contributed by atoms with Crippen LogP contribution in [-0.2, 0) is 11.4 Å². The predicted molar refractivity (Wildman–Crippen MR) is 130 cm³/mol. The molecule has 0 unspecified atom stereocenters. The Morgan fingerprint density at radius 1 is 0.848 bits per heavy atom. The van der Waals surface area contributed by atoms with E-state index in [1.54, 1.807) is 6.07 Å². The first-order valence-electron chi connectivity index (χ1n) is 10.8. The van der Waals surface area contributed by atoms with Crippen LogP contribution in [0.3, 0.4) is 0 Å². The Morgan fingerprint density at radius 3 is 2.48 bits per heavy atom. The average Bonchev–Trinajstić information content (AvgIpc) is 2.83. The highest BCUT2D eigenvalue weighted by atomic mass is 16.5. The third-order valence-corrected chi connectivity index (χ3v) is 4.91. The summed E-state index contributed by atoms with van der Waals surface area (Å²) < 4.78 is 17.1. The SMILES string of the molecule is CCOc1cc(C=Cc2ccc3cccc(OC(C)=O)c3n2)ccc1OCc1ccccc1. The minimum Gasteiger partial charge on any atom is -0.490 e. The van der Waals surface area contributed by atoms with Gasteiger partial charge in [0.2, 0.25) is 0 Å². The van der Waals surface area contributed by atoms with Gasteiger partial charge in [0.25, 0.3) is 0 Å². The fourth-order valence-electron chi connectivity index (χ4n) is 3.40. The Labute approximate surface area is 193 Å². The number of pyridine rings is 1. The highest BCUT2D eigenvalue weighted by Crippen LogP contribution is 2.30. The minimum atomic E-state index is -0.372. The van der Waals surface area contributed by atoms with Crippen molar-refractivity contribution in [1.29, 1.82) is 0 Å². The Kier molecular flexibility index (Phi) is 7.00. The second-order valence-electron chi connectivity index (χ2n) is 7.40. The van der Waals surface area contributed by atoms with E-state index >= 15 is 0 Å². The largest absolute Gasteiger partial charge is 0.490 e. The molecule has 0 aliphatic carbocycles. The minimum absolute atomic E-state index is 0.372. The van der Waals surface area contributed by atoms with E-state index in [9.17, 15) is 4.79 Å². The van der Waals surface area contributed by atoms with Crippen LogP contribution in [0.15, 0.2) is 78.9 Å². The second-order valence-corrected chi connectivity index (χ2v) is 7.40. The monoisotopic (exact) mass is 439 g/mol. The van der Waals surface area contributed by atoms with Gasteiger partial charge in [0.1, 0.15) is 12.1 Å². The van der Waals surface area contributed by atoms with Crippen molar-refractivity contribution < 1.29 is 19.0 Å². The van der Waals surface area contributed by atoms with Crippen LogP contribution in [0, 0.1) is 0 Å². The topological polar surface area (TPSA) is 57.7 Å². The summed E-state index contributed by atoms with van der Waals surface area (Å²) in [6, 6.07) is 25.3. The van der Waals surface area contributed by atoms with Crippen molar-refractivity contribution in [2.75, 3.05) is 6.61 Å². The molecule has 4 aromatic rings. The van der Waals surface area contributed by atoms with E-state index in [-0.39, 0.29) is 5.97 Å². The van der Waals surface area contributed by atoms with Crippen molar-refractivity contribution in [3.05, 3.63) is 95.7 Å². The van der Waals surface area contributed by atoms with Gasteiger partial charge >= 0.3 is 5.97 Å². The third kappa shape index (κ3) is 5.77. The van der Waals surface area contributed by atoms with Crippen LogP contribution >= 0.6 is 0 Å². The van der Waals surface area contributed by atoms with E-state index in [2.05, 4.69) is 4.98 Å². The van der Waals surface area contributed by atoms with E-state index in [0.717, 1.165) is 22.2 Å². The van der Waals surface area contributed by atoms with Crippen LogP contribution < -0.4 is 14.2 Å². The van der Waals surface area contributed by atoms with E-state index in [0.29, 0.717) is 36.0 Å². The van der Waals surface area contributed by atoms with Crippen molar-refractivity contribution in [1.82, 2.24) is 4.98 Å². The molecule has 5 nitrogen and oxygen atoms in total. The number of hydrogen-bond acceptors (Lipinski definition) is 5. The summed E-state index contributed by atoms with van der Waals surface area (Å²) in [7, 11) is 0. The smallest absolute Gasteiger partial charge is 0.308 e. The molecule has 0 fully saturated rings. The number of carbonyl (C=O) groups is 1. The van der Waals surface area contributed by atoms with E-state index in [4.69, 9.17) is 14.2 Å². The number of benzene rings is 3. The van der Waals surface area contributed by atoms with Gasteiger partial charge in [-0.05, 0) is 48.4 Å². The van der Waals surface area contributed by atoms with Crippen LogP contribution in [0.25, 0.3) is 23.1 Å². The summed E-state index contributed by atoms with van der Waals surface area (Å²) in [5, 5.41) is 0.907. The standard InChI is InChI=1S/C28H25NO4/c1-3-31-27-18-21(13-17-25(27)32-19-22-8-5-4-6-9-22)12-15-24-16-14-23-10-7-11-26(28(23)29-24)33-20(2)30/h4-18H,3,19H2,1-2H3. The van der Waals surface area contributed by atoms with E-state index in [1.807, 2.05) is 91.9 Å². The fourth-order valence-corrected chi connectivity index (χ4v) is 3.40. The van der Waals surface area contributed by atoms with Crippen molar-refractivity contribution in [3.8, 4) is 17.2 Å². The summed E-state index contributed by atoms with van der Waals surface area (Å²) in [4.78, 5) is 16.1. The lowest BCUT2D eigenvalue weighted by Crippen LogP contribution is -2.02. The molecule has 33 heavy (non-hydrogen) atoms. The number of hydrogen-bond donors (Lipinski definition) is 0. The summed E-state index contributed by atoms with van der Waals surface area (Å²) in [5.74, 6) is 1.48. The molecule has 0 bridgehead atoms. The quantitative estimate of drug-likeness (QED) is 0.238. The molecule has 0 saturated carbocycles. The fraction of sp³-hybridized carbons (Fsp3) is 0.143. The van der Waals surface area contributed by atoms with Crippen LogP contribution in [0.4, 0.5) is 0 Å². The summed E-state index contributed by atoms with van der Waals surface area (Å²) in [5.41, 5.74) is 3.46. The number of esters is 1. The molecule has 0 atom stereocenters. The third-order valence-electron chi connectivity index (χ3n) is 4.91. The van der Waals surface area contributed by atoms with Gasteiger partial charge in [-0.2, -0.15) is 0 Å². The Morgan fingerprint density at radius 2 is 1.70 bits per heavy atom. The van der Waals surface area contributed by atoms with Crippen molar-refractivity contribution in [2.45, 2.75) is 20.5 Å². The molecule has 5 heteroatoms. The van der Waals surface area contributed by atoms with Crippen molar-refractivity contribution in [2.24, 2.45) is 0 Å². The molecule has 0 radical (unpaired) electrons. The molecule has 0 saturated heterocycles. The maximum atomic E-state index is 11.4. The lowest BCUT2D eigenvalue weighted by molar-refractivity contribution is -0.131. The Bertz CT molecular complexity index is 1280. The molecular weight excluding hydrogens is 414 g/mol. The predicted octanol–water partition coefficient (Wildman–Crippen LogP) is 6.31. The van der Waals surface area contributed by atoms with Crippen LogP contribution in [-0.4, -0.2) is 17.6 Å². The van der Waals surface area contributed by atoms with E-state index < -0.39 is 0 Å². The van der Waals surface area contributed by atoms with Crippen LogP contribution in [0.5, 0.6) is 17.2 Å². The molecule has 0 aliphatic heterocycles. The number of aromatic nitrogens is 1. The summed E-state index contributed by atoms with van der Waals surface area (Å²) in [6.07, 6.45) is 3.88. The molecule has 1 heterocycles. The van der Waals surface area contributed by atoms with Gasteiger partial charge in [0, 0.05) is 12.3 Å². The molecule has 0 N–H and O–H groups in total. The van der Waals surface area contributed by atoms with E-state index in [1.165, 1.54) is 6.92 Å². The maximum Gasteiger partial charge on any atom is 0.308 e. The second kappa shape index (κ2) is 10.5. The number of para-hydroxylation sites is 1. The lowest BCUT2D eigenvalue weighted by Gasteiger charge is -2.12. The Balaban J connectivity index is 1.55. The lowest BCUT2D eigenvalue weighted by atomic mass is 10.1. The van der Waals surface area contributed by atoms with Crippen LogP contribution in [0.2, 0.25) is 0 Å². The van der Waals surface area contributed by atoms with Gasteiger partial charge in [-0.15, -0.1) is 0 Å². The molecule has 0 aliphatic rings. The van der Waals surface area contributed by atoms with Gasteiger partial charge in [0.15, 0.2) is 17.2 Å². The zero-order chi connectivity index (χ0) is 23.0. The Hall–Kier alpha value is -4.12. The molecule has 3 aromatic carbocycles. The first kappa shape index (κ1) is 22.1. The number of nitrogens with zero attached hydrogens (tertiary/aromatic N) is 1. The van der Waals surface area contributed by atoms with Gasteiger partial charge < -0.3 is 14.2 Å². The molecule has 1 aromatic heterocycles. The maximum absolute atomic E-state index is 11.4. The molecule has 4 rings (SSSR count). The van der Waals surface area contributed by atoms with Crippen LogP contribution in [0.1, 0.15) is 30.7 Å². The molecule has 0 amide bonds. The average molecular weight is 440 g/mol. The number of ether oxygens (including phenoxy) is 3. The zero-order valence-corrected chi connectivity index (χ0v) is 18.7. The first-order valence-corrected chi connectivity index (χ1v) is 10.8. The highest BCUT2D eigenvalue weighted by Gasteiger charge is 2.08. The molecule has 166 valence electrons. The van der Waals surface area contributed by atoms with Crippen molar-refractivity contribution >= 4 is 29.0 Å². The summed E-state index contributed by atoms with van der Waals surface area (Å²) >= 11 is 0. The number of rotatable bonds is 8. The summed E-state index contributed by atoms with van der Waals surface area (Å²) in [6.45, 7) is 4.34. The van der Waals surface area contributed by atoms with Gasteiger partial charge in [0.05, 0.1) is 12.3 Å². The molecule has 0 spiro atoms.